The largest absolute Gasteiger partial charge is 0.298 e. The third-order valence-electron chi connectivity index (χ3n) is 4.41. The molecule has 3 heteroatoms. The molecule has 1 spiro atoms. The summed E-state index contributed by atoms with van der Waals surface area (Å²) in [6, 6.07) is 1.74. The van der Waals surface area contributed by atoms with E-state index in [2.05, 4.69) is 35.3 Å². The predicted octanol–water partition coefficient (Wildman–Crippen LogP) is 3.59. The number of thioether (sulfide) groups is 2. The molecular weight excluding hydrogens is 234 g/mol. The van der Waals surface area contributed by atoms with Gasteiger partial charge < -0.3 is 0 Å². The molecule has 3 saturated heterocycles. The van der Waals surface area contributed by atoms with E-state index in [1.807, 2.05) is 0 Å². The smallest absolute Gasteiger partial charge is 0.0640 e. The lowest BCUT2D eigenvalue weighted by atomic mass is 9.89. The van der Waals surface area contributed by atoms with Crippen LogP contribution in [0.15, 0.2) is 0 Å². The van der Waals surface area contributed by atoms with Crippen molar-refractivity contribution in [1.29, 1.82) is 0 Å². The molecule has 3 aliphatic rings. The maximum atomic E-state index is 2.81. The van der Waals surface area contributed by atoms with Gasteiger partial charge in [-0.25, -0.2) is 0 Å². The highest BCUT2D eigenvalue weighted by Crippen LogP contribution is 2.53. The molecule has 92 valence electrons. The molecule has 3 aliphatic heterocycles. The van der Waals surface area contributed by atoms with Crippen molar-refractivity contribution in [2.45, 2.75) is 61.6 Å². The summed E-state index contributed by atoms with van der Waals surface area (Å²) in [6.45, 7) is 3.84. The zero-order valence-corrected chi connectivity index (χ0v) is 11.9. The van der Waals surface area contributed by atoms with Gasteiger partial charge in [0.25, 0.3) is 0 Å². The number of hydrogen-bond acceptors (Lipinski definition) is 3. The van der Waals surface area contributed by atoms with Crippen molar-refractivity contribution in [2.24, 2.45) is 0 Å². The first-order valence-electron chi connectivity index (χ1n) is 6.83. The Kier molecular flexibility index (Phi) is 3.47. The maximum Gasteiger partial charge on any atom is 0.0640 e. The van der Waals surface area contributed by atoms with E-state index >= 15 is 0 Å². The van der Waals surface area contributed by atoms with Crippen LogP contribution in [0.25, 0.3) is 0 Å². The van der Waals surface area contributed by atoms with E-state index < -0.39 is 0 Å². The van der Waals surface area contributed by atoms with E-state index in [1.165, 1.54) is 56.6 Å². The van der Waals surface area contributed by atoms with Crippen LogP contribution in [0.2, 0.25) is 0 Å². The average Bonchev–Trinajstić information content (AvgIpc) is 2.30. The molecule has 1 nitrogen and oxygen atoms in total. The molecule has 2 atom stereocenters. The van der Waals surface area contributed by atoms with Gasteiger partial charge in [0.05, 0.1) is 4.08 Å². The Morgan fingerprint density at radius 2 is 1.88 bits per heavy atom. The fraction of sp³-hybridized carbons (Fsp3) is 1.00. The van der Waals surface area contributed by atoms with Gasteiger partial charge in [0, 0.05) is 12.1 Å². The lowest BCUT2D eigenvalue weighted by molar-refractivity contribution is 0.0593. The lowest BCUT2D eigenvalue weighted by Crippen LogP contribution is -2.54. The minimum absolute atomic E-state index is 0.607. The molecule has 0 aliphatic carbocycles. The molecule has 0 saturated carbocycles. The van der Waals surface area contributed by atoms with Gasteiger partial charge in [-0.3, -0.25) is 4.90 Å². The van der Waals surface area contributed by atoms with Crippen LogP contribution in [0.3, 0.4) is 0 Å². The van der Waals surface area contributed by atoms with Crippen LogP contribution < -0.4 is 0 Å². The molecule has 0 aromatic rings. The van der Waals surface area contributed by atoms with Crippen LogP contribution in [-0.2, 0) is 0 Å². The number of fused-ring (bicyclic) bond motifs is 1. The minimum atomic E-state index is 0.607. The number of rotatable bonds is 0. The summed E-state index contributed by atoms with van der Waals surface area (Å²) < 4.78 is 0.607. The maximum absolute atomic E-state index is 2.81. The molecule has 3 fully saturated rings. The second-order valence-corrected chi connectivity index (χ2v) is 8.82. The van der Waals surface area contributed by atoms with Crippen molar-refractivity contribution in [1.82, 2.24) is 4.90 Å². The molecule has 0 amide bonds. The summed E-state index contributed by atoms with van der Waals surface area (Å²) in [5.74, 6) is 2.82. The van der Waals surface area contributed by atoms with Crippen molar-refractivity contribution in [3.63, 3.8) is 0 Å². The summed E-state index contributed by atoms with van der Waals surface area (Å²) in [5, 5.41) is 0. The molecule has 0 aromatic carbocycles. The molecule has 3 rings (SSSR count). The van der Waals surface area contributed by atoms with Crippen LogP contribution in [0.4, 0.5) is 0 Å². The first-order valence-corrected chi connectivity index (χ1v) is 8.80. The van der Waals surface area contributed by atoms with Gasteiger partial charge in [-0.2, -0.15) is 0 Å². The highest BCUT2D eigenvalue weighted by Gasteiger charge is 2.45. The summed E-state index contributed by atoms with van der Waals surface area (Å²) in [5.41, 5.74) is 0. The van der Waals surface area contributed by atoms with Gasteiger partial charge in [0.15, 0.2) is 0 Å². The van der Waals surface area contributed by atoms with Gasteiger partial charge in [-0.1, -0.05) is 6.42 Å². The second-order valence-electron chi connectivity index (χ2n) is 5.61. The number of nitrogens with zero attached hydrogens (tertiary/aromatic N) is 1. The zero-order chi connectivity index (χ0) is 11.0. The standard InChI is InChI=1S/C13H23NS2/c1-11-9-13(15-7-4-8-16-13)10-12-5-2-3-6-14(11)12/h11-12H,2-10H2,1H3/t11-,12+/m1/s1. The van der Waals surface area contributed by atoms with Crippen molar-refractivity contribution >= 4 is 23.5 Å². The van der Waals surface area contributed by atoms with Crippen LogP contribution >= 0.6 is 23.5 Å². The fourth-order valence-corrected chi connectivity index (χ4v) is 7.36. The van der Waals surface area contributed by atoms with Crippen LogP contribution in [-0.4, -0.2) is 39.1 Å². The highest BCUT2D eigenvalue weighted by atomic mass is 32.2. The van der Waals surface area contributed by atoms with Crippen molar-refractivity contribution in [3.05, 3.63) is 0 Å². The molecule has 0 radical (unpaired) electrons. The summed E-state index contributed by atoms with van der Waals surface area (Å²) in [6.07, 6.45) is 8.70. The Labute approximate surface area is 108 Å². The van der Waals surface area contributed by atoms with E-state index in [-0.39, 0.29) is 0 Å². The van der Waals surface area contributed by atoms with Gasteiger partial charge in [0.1, 0.15) is 0 Å². The number of hydrogen-bond donors (Lipinski definition) is 0. The van der Waals surface area contributed by atoms with Crippen molar-refractivity contribution < 1.29 is 0 Å². The van der Waals surface area contributed by atoms with Crippen LogP contribution in [0.5, 0.6) is 0 Å². The third-order valence-corrected chi connectivity index (χ3v) is 7.82. The minimum Gasteiger partial charge on any atom is -0.298 e. The van der Waals surface area contributed by atoms with E-state index in [9.17, 15) is 0 Å². The third kappa shape index (κ3) is 2.15. The Bertz CT molecular complexity index is 250. The van der Waals surface area contributed by atoms with Gasteiger partial charge in [-0.15, -0.1) is 23.5 Å². The second kappa shape index (κ2) is 4.74. The molecule has 0 N–H and O–H groups in total. The van der Waals surface area contributed by atoms with Crippen molar-refractivity contribution in [2.75, 3.05) is 18.1 Å². The Hall–Kier alpha value is 0.660. The molecular formula is C13H23NS2. The topological polar surface area (TPSA) is 3.24 Å². The molecule has 3 heterocycles. The van der Waals surface area contributed by atoms with Crippen molar-refractivity contribution in [3.8, 4) is 0 Å². The Morgan fingerprint density at radius 1 is 1.06 bits per heavy atom. The first kappa shape index (κ1) is 11.7. The monoisotopic (exact) mass is 257 g/mol. The zero-order valence-electron chi connectivity index (χ0n) is 10.3. The summed E-state index contributed by atoms with van der Waals surface area (Å²) in [4.78, 5) is 2.81. The van der Waals surface area contributed by atoms with Gasteiger partial charge in [0.2, 0.25) is 0 Å². The van der Waals surface area contributed by atoms with Crippen LogP contribution in [0, 0.1) is 0 Å². The van der Waals surface area contributed by atoms with Crippen LogP contribution in [0.1, 0.15) is 45.4 Å². The van der Waals surface area contributed by atoms with E-state index in [4.69, 9.17) is 0 Å². The number of piperidine rings is 2. The quantitative estimate of drug-likeness (QED) is 0.653. The molecule has 16 heavy (non-hydrogen) atoms. The molecule has 0 unspecified atom stereocenters. The van der Waals surface area contributed by atoms with E-state index in [0.29, 0.717) is 4.08 Å². The summed E-state index contributed by atoms with van der Waals surface area (Å²) in [7, 11) is 0. The molecule has 0 aromatic heterocycles. The van der Waals surface area contributed by atoms with E-state index in [0.717, 1.165) is 12.1 Å². The summed E-state index contributed by atoms with van der Waals surface area (Å²) >= 11 is 4.56. The highest BCUT2D eigenvalue weighted by molar-refractivity contribution is 8.18. The molecule has 0 bridgehead atoms. The van der Waals surface area contributed by atoms with Gasteiger partial charge >= 0.3 is 0 Å². The van der Waals surface area contributed by atoms with Gasteiger partial charge in [-0.05, 0) is 57.1 Å². The van der Waals surface area contributed by atoms with E-state index in [1.54, 1.807) is 0 Å². The predicted molar refractivity (Wildman–Crippen MR) is 75.3 cm³/mol. The Morgan fingerprint density at radius 3 is 2.69 bits per heavy atom. The first-order chi connectivity index (χ1) is 7.79. The Balaban J connectivity index is 1.74. The average molecular weight is 257 g/mol. The fourth-order valence-electron chi connectivity index (χ4n) is 3.68. The lowest BCUT2D eigenvalue weighted by Gasteiger charge is -2.52. The normalized spacial score (nSPS) is 39.6. The SMILES string of the molecule is C[C@@H]1CC2(C[C@@H]3CCCCN31)SCCCS2.